The number of carbonyl (C=O) groups excluding carboxylic acids is 1. The quantitative estimate of drug-likeness (QED) is 0.782. The van der Waals surface area contributed by atoms with Gasteiger partial charge >= 0.3 is 0 Å². The summed E-state index contributed by atoms with van der Waals surface area (Å²) in [6, 6.07) is 3.61. The molecule has 0 fully saturated rings. The van der Waals surface area contributed by atoms with E-state index in [1.54, 1.807) is 0 Å². The number of aromatic nitrogens is 2. The van der Waals surface area contributed by atoms with Crippen molar-refractivity contribution in [3.8, 4) is 12.3 Å². The Morgan fingerprint density at radius 2 is 2.14 bits per heavy atom. The number of carbonyl (C=O) groups is 1. The number of aliphatic imine (C=N–C) groups is 1. The van der Waals surface area contributed by atoms with Crippen molar-refractivity contribution in [2.75, 3.05) is 11.9 Å². The molecule has 0 saturated heterocycles. The molecule has 0 saturated carbocycles. The number of anilines is 1. The molecule has 1 atom stereocenters. The number of hydrogen-bond donors (Lipinski definition) is 2. The third-order valence-electron chi connectivity index (χ3n) is 4.05. The number of terminal acetylenes is 1. The van der Waals surface area contributed by atoms with E-state index in [0.29, 0.717) is 0 Å². The lowest BCUT2D eigenvalue weighted by Gasteiger charge is -2.29. The first-order valence-electron chi connectivity index (χ1n) is 8.02. The van der Waals surface area contributed by atoms with Crippen LogP contribution in [0.5, 0.6) is 0 Å². The number of rotatable bonds is 4. The van der Waals surface area contributed by atoms with E-state index in [9.17, 15) is 18.0 Å². The second-order valence-electron chi connectivity index (χ2n) is 5.83. The van der Waals surface area contributed by atoms with Crippen LogP contribution in [0.4, 0.5) is 18.9 Å². The standard InChI is InChI=1S/C18H14F3N5O2/c1-2-18(5-6-28-17(22)26-18)11-7-10(3-4-12(11)19)25-16(27)14-9-23-13(8-24-14)15(20)21/h1,3-4,7-9,15H,5-6H2,(H2,22,26)(H,25,27)/t18-/m0/s1. The first-order chi connectivity index (χ1) is 13.3. The fraction of sp³-hybridized carbons (Fsp3) is 0.222. The first kappa shape index (κ1) is 19.2. The first-order valence-corrected chi connectivity index (χ1v) is 8.02. The molecular formula is C18H14F3N5O2. The van der Waals surface area contributed by atoms with Crippen molar-refractivity contribution < 1.29 is 22.7 Å². The summed E-state index contributed by atoms with van der Waals surface area (Å²) in [7, 11) is 0. The summed E-state index contributed by atoms with van der Waals surface area (Å²) < 4.78 is 44.5. The van der Waals surface area contributed by atoms with Gasteiger partial charge in [0.05, 0.1) is 19.0 Å². The van der Waals surface area contributed by atoms with Gasteiger partial charge in [0.25, 0.3) is 18.4 Å². The summed E-state index contributed by atoms with van der Waals surface area (Å²) in [6.45, 7) is 0.154. The summed E-state index contributed by atoms with van der Waals surface area (Å²) in [6.07, 6.45) is 4.71. The number of benzene rings is 1. The maximum atomic E-state index is 14.4. The van der Waals surface area contributed by atoms with Crippen LogP contribution in [0.25, 0.3) is 0 Å². The number of nitrogens with two attached hydrogens (primary N) is 1. The van der Waals surface area contributed by atoms with Crippen LogP contribution in [0.2, 0.25) is 0 Å². The highest BCUT2D eigenvalue weighted by molar-refractivity contribution is 6.02. The van der Waals surface area contributed by atoms with Crippen molar-refractivity contribution in [3.63, 3.8) is 0 Å². The summed E-state index contributed by atoms with van der Waals surface area (Å²) in [5, 5.41) is 2.49. The second kappa shape index (κ2) is 7.56. The molecule has 28 heavy (non-hydrogen) atoms. The van der Waals surface area contributed by atoms with Crippen LogP contribution < -0.4 is 11.1 Å². The second-order valence-corrected chi connectivity index (χ2v) is 5.83. The van der Waals surface area contributed by atoms with E-state index in [1.807, 2.05) is 0 Å². The van der Waals surface area contributed by atoms with Gasteiger partial charge in [-0.05, 0) is 18.2 Å². The SMILES string of the molecule is C#C[C@@]1(c2cc(NC(=O)c3cnc(C(F)F)cn3)ccc2F)CCOC(N)=N1. The Morgan fingerprint density at radius 1 is 1.36 bits per heavy atom. The van der Waals surface area contributed by atoms with Gasteiger partial charge in [0, 0.05) is 17.7 Å². The van der Waals surface area contributed by atoms with Crippen molar-refractivity contribution in [3.05, 3.63) is 53.4 Å². The molecule has 0 radical (unpaired) electrons. The van der Waals surface area contributed by atoms with Gasteiger partial charge in [-0.3, -0.25) is 9.78 Å². The van der Waals surface area contributed by atoms with E-state index in [4.69, 9.17) is 16.9 Å². The van der Waals surface area contributed by atoms with Gasteiger partial charge in [0.15, 0.2) is 5.54 Å². The fourth-order valence-corrected chi connectivity index (χ4v) is 2.64. The van der Waals surface area contributed by atoms with E-state index in [2.05, 4.69) is 26.2 Å². The minimum atomic E-state index is -2.79. The average molecular weight is 389 g/mol. The Labute approximate surface area is 157 Å². The number of amides is 1. The number of alkyl halides is 2. The van der Waals surface area contributed by atoms with Gasteiger partial charge in [0.2, 0.25) is 0 Å². The summed E-state index contributed by atoms with van der Waals surface area (Å²) in [4.78, 5) is 23.4. The Hall–Kier alpha value is -3.61. The van der Waals surface area contributed by atoms with Crippen LogP contribution >= 0.6 is 0 Å². The van der Waals surface area contributed by atoms with Crippen molar-refractivity contribution in [2.24, 2.45) is 10.7 Å². The predicted octanol–water partition coefficient (Wildman–Crippen LogP) is 2.37. The molecule has 1 aromatic carbocycles. The Morgan fingerprint density at radius 3 is 2.75 bits per heavy atom. The molecule has 0 unspecified atom stereocenters. The van der Waals surface area contributed by atoms with Gasteiger partial charge in [-0.1, -0.05) is 5.92 Å². The molecule has 0 spiro atoms. The lowest BCUT2D eigenvalue weighted by atomic mass is 9.87. The molecule has 2 aromatic rings. The molecule has 0 bridgehead atoms. The zero-order valence-electron chi connectivity index (χ0n) is 14.3. The predicted molar refractivity (Wildman–Crippen MR) is 94.0 cm³/mol. The van der Waals surface area contributed by atoms with E-state index in [1.165, 1.54) is 12.1 Å². The summed E-state index contributed by atoms with van der Waals surface area (Å²) >= 11 is 0. The number of nitrogens with one attached hydrogen (secondary N) is 1. The topological polar surface area (TPSA) is 102 Å². The van der Waals surface area contributed by atoms with E-state index in [-0.39, 0.29) is 36.0 Å². The molecule has 1 aromatic heterocycles. The zero-order chi connectivity index (χ0) is 20.3. The lowest BCUT2D eigenvalue weighted by molar-refractivity contribution is 0.102. The molecule has 0 aliphatic carbocycles. The minimum absolute atomic E-state index is 0.0400. The normalized spacial score (nSPS) is 18.8. The van der Waals surface area contributed by atoms with Crippen molar-refractivity contribution >= 4 is 17.6 Å². The van der Waals surface area contributed by atoms with E-state index >= 15 is 0 Å². The maximum absolute atomic E-state index is 14.4. The maximum Gasteiger partial charge on any atom is 0.283 e. The highest BCUT2D eigenvalue weighted by Gasteiger charge is 2.36. The number of ether oxygens (including phenoxy) is 1. The lowest BCUT2D eigenvalue weighted by Crippen LogP contribution is -2.35. The Kier molecular flexibility index (Phi) is 5.17. The number of hydrogen-bond acceptors (Lipinski definition) is 6. The summed E-state index contributed by atoms with van der Waals surface area (Å²) in [5.41, 5.74) is 3.71. The van der Waals surface area contributed by atoms with Gasteiger partial charge in [0.1, 0.15) is 17.2 Å². The largest absolute Gasteiger partial charge is 0.465 e. The van der Waals surface area contributed by atoms with Crippen LogP contribution in [0.1, 0.15) is 34.6 Å². The van der Waals surface area contributed by atoms with Crippen LogP contribution in [0, 0.1) is 18.2 Å². The zero-order valence-corrected chi connectivity index (χ0v) is 14.3. The highest BCUT2D eigenvalue weighted by Crippen LogP contribution is 2.35. The molecule has 10 heteroatoms. The highest BCUT2D eigenvalue weighted by atomic mass is 19.3. The molecule has 1 amide bonds. The van der Waals surface area contributed by atoms with Crippen LogP contribution in [-0.4, -0.2) is 28.5 Å². The average Bonchev–Trinajstić information content (AvgIpc) is 2.69. The van der Waals surface area contributed by atoms with Gasteiger partial charge < -0.3 is 15.8 Å². The Balaban J connectivity index is 1.88. The molecule has 144 valence electrons. The smallest absolute Gasteiger partial charge is 0.283 e. The molecule has 3 N–H and O–H groups in total. The Bertz CT molecular complexity index is 972. The van der Waals surface area contributed by atoms with Gasteiger partial charge in [-0.25, -0.2) is 23.1 Å². The molecular weight excluding hydrogens is 375 g/mol. The fourth-order valence-electron chi connectivity index (χ4n) is 2.64. The molecule has 7 nitrogen and oxygen atoms in total. The third kappa shape index (κ3) is 3.73. The summed E-state index contributed by atoms with van der Waals surface area (Å²) in [5.74, 6) is 1.10. The molecule has 1 aliphatic rings. The van der Waals surface area contributed by atoms with E-state index < -0.39 is 29.4 Å². The number of halogens is 3. The monoisotopic (exact) mass is 389 g/mol. The molecule has 1 aliphatic heterocycles. The van der Waals surface area contributed by atoms with E-state index in [0.717, 1.165) is 18.5 Å². The van der Waals surface area contributed by atoms with Crippen LogP contribution in [0.3, 0.4) is 0 Å². The van der Waals surface area contributed by atoms with Gasteiger partial charge in [-0.2, -0.15) is 0 Å². The van der Waals surface area contributed by atoms with Crippen molar-refractivity contribution in [2.45, 2.75) is 18.4 Å². The van der Waals surface area contributed by atoms with Gasteiger partial charge in [-0.15, -0.1) is 6.42 Å². The third-order valence-corrected chi connectivity index (χ3v) is 4.05. The number of nitrogens with zero attached hydrogens (tertiary/aromatic N) is 3. The van der Waals surface area contributed by atoms with Crippen LogP contribution in [0.15, 0.2) is 35.6 Å². The van der Waals surface area contributed by atoms with Crippen LogP contribution in [-0.2, 0) is 10.3 Å². The molecule has 2 heterocycles. The molecule has 3 rings (SSSR count). The minimum Gasteiger partial charge on any atom is -0.465 e. The van der Waals surface area contributed by atoms with Crippen molar-refractivity contribution in [1.82, 2.24) is 9.97 Å². The number of amidine groups is 1. The van der Waals surface area contributed by atoms with Crippen molar-refractivity contribution in [1.29, 1.82) is 0 Å².